The Morgan fingerprint density at radius 1 is 1.16 bits per heavy atom. The van der Waals surface area contributed by atoms with Gasteiger partial charge in [-0.05, 0) is 43.5 Å². The number of nitrogens with zero attached hydrogens (tertiary/aromatic N) is 3. The van der Waals surface area contributed by atoms with E-state index in [1.54, 1.807) is 12.2 Å². The van der Waals surface area contributed by atoms with Gasteiger partial charge in [0, 0.05) is 11.3 Å². The van der Waals surface area contributed by atoms with Crippen molar-refractivity contribution in [1.82, 2.24) is 25.1 Å². The van der Waals surface area contributed by atoms with Gasteiger partial charge < -0.3 is 4.98 Å². The molecule has 1 aliphatic rings. The van der Waals surface area contributed by atoms with E-state index in [0.29, 0.717) is 11.5 Å². The van der Waals surface area contributed by atoms with Crippen molar-refractivity contribution in [3.05, 3.63) is 103 Å². The van der Waals surface area contributed by atoms with Gasteiger partial charge in [0.15, 0.2) is 11.5 Å². The van der Waals surface area contributed by atoms with Crippen molar-refractivity contribution in [2.75, 3.05) is 0 Å². The third-order valence-electron chi connectivity index (χ3n) is 5.16. The van der Waals surface area contributed by atoms with E-state index in [-0.39, 0.29) is 0 Å². The zero-order valence-corrected chi connectivity index (χ0v) is 17.8. The van der Waals surface area contributed by atoms with Gasteiger partial charge in [0.2, 0.25) is 0 Å². The first kappa shape index (κ1) is 20.3. The molecule has 0 aliphatic heterocycles. The molecule has 3 aromatic heterocycles. The van der Waals surface area contributed by atoms with Crippen LogP contribution in [0.5, 0.6) is 0 Å². The summed E-state index contributed by atoms with van der Waals surface area (Å²) in [4.78, 5) is 13.2. The Bertz CT molecular complexity index is 1300. The Morgan fingerprint density at radius 3 is 2.74 bits per heavy atom. The number of pyridine rings is 1. The third-order valence-corrected chi connectivity index (χ3v) is 5.16. The minimum atomic E-state index is 0.685. The van der Waals surface area contributed by atoms with Crippen LogP contribution in [-0.2, 0) is 0 Å². The fraction of sp³-hybridized carbons (Fsp3) is 0.115. The van der Waals surface area contributed by atoms with Crippen molar-refractivity contribution in [3.8, 4) is 11.5 Å². The maximum atomic E-state index is 4.90. The van der Waals surface area contributed by atoms with Crippen LogP contribution in [0.1, 0.15) is 30.4 Å². The third kappa shape index (κ3) is 3.90. The quantitative estimate of drug-likeness (QED) is 0.454. The average Bonchev–Trinajstić information content (AvgIpc) is 3.52. The number of allylic oxidation sites excluding steroid dienone is 12. The van der Waals surface area contributed by atoms with Gasteiger partial charge in [-0.25, -0.2) is 9.97 Å². The zero-order chi connectivity index (χ0) is 21.8. The second-order valence-electron chi connectivity index (χ2n) is 7.18. The molecule has 5 nitrogen and oxygen atoms in total. The molecule has 0 saturated carbocycles. The Balaban J connectivity index is 1.80. The molecule has 154 valence electrons. The maximum absolute atomic E-state index is 4.90. The van der Waals surface area contributed by atoms with Crippen molar-refractivity contribution in [1.29, 1.82) is 0 Å². The van der Waals surface area contributed by atoms with Crippen LogP contribution in [0.15, 0.2) is 85.5 Å². The van der Waals surface area contributed by atoms with E-state index in [0.717, 1.165) is 51.3 Å². The predicted octanol–water partition coefficient (Wildman–Crippen LogP) is 6.26. The molecule has 5 heteroatoms. The summed E-state index contributed by atoms with van der Waals surface area (Å²) in [6, 6.07) is 3.98. The molecular weight excluding hydrogens is 382 g/mol. The van der Waals surface area contributed by atoms with Crippen molar-refractivity contribution in [3.63, 3.8) is 0 Å². The van der Waals surface area contributed by atoms with Crippen LogP contribution in [0.25, 0.3) is 33.7 Å². The van der Waals surface area contributed by atoms with Crippen LogP contribution in [0.3, 0.4) is 0 Å². The average molecular weight is 408 g/mol. The minimum absolute atomic E-state index is 0.685. The van der Waals surface area contributed by atoms with E-state index in [9.17, 15) is 0 Å². The summed E-state index contributed by atoms with van der Waals surface area (Å²) in [6.07, 6.45) is 18.9. The molecule has 3 aromatic rings. The number of fused-ring (bicyclic) bond motifs is 1. The highest BCUT2D eigenvalue weighted by atomic mass is 15.2. The molecule has 0 radical (unpaired) electrons. The van der Waals surface area contributed by atoms with Gasteiger partial charge >= 0.3 is 0 Å². The lowest BCUT2D eigenvalue weighted by molar-refractivity contribution is 1.10. The van der Waals surface area contributed by atoms with E-state index in [1.165, 1.54) is 0 Å². The number of rotatable bonds is 7. The molecule has 0 spiro atoms. The molecule has 31 heavy (non-hydrogen) atoms. The molecule has 0 atom stereocenters. The zero-order valence-electron chi connectivity index (χ0n) is 17.8. The largest absolute Gasteiger partial charge is 0.340 e. The van der Waals surface area contributed by atoms with Crippen LogP contribution >= 0.6 is 0 Å². The molecule has 0 amide bonds. The number of nitrogens with one attached hydrogen (secondary N) is 2. The number of aryl methyl sites for hydroxylation is 1. The number of H-pyrrole nitrogens is 2. The second-order valence-corrected chi connectivity index (χ2v) is 7.18. The molecule has 0 aromatic carbocycles. The monoisotopic (exact) mass is 407 g/mol. The Hall–Kier alpha value is -3.99. The fourth-order valence-electron chi connectivity index (χ4n) is 3.65. The highest BCUT2D eigenvalue weighted by molar-refractivity contribution is 5.90. The summed E-state index contributed by atoms with van der Waals surface area (Å²) in [7, 11) is 0. The van der Waals surface area contributed by atoms with Gasteiger partial charge in [0.1, 0.15) is 5.52 Å². The number of hydrogen-bond donors (Lipinski definition) is 2. The number of aromatic amines is 2. The second kappa shape index (κ2) is 8.79. The SMILES string of the molecule is C=C/C=C\C(=C/C)c1ccc2[nH]nc(-c3nc(/C(=C\C=C)C4=CCC=C4)c(C)[nH]3)c2n1. The Labute approximate surface area is 182 Å². The number of hydrogen-bond acceptors (Lipinski definition) is 3. The number of imidazole rings is 1. The molecule has 4 rings (SSSR count). The molecule has 2 N–H and O–H groups in total. The highest BCUT2D eigenvalue weighted by Crippen LogP contribution is 2.32. The summed E-state index contributed by atoms with van der Waals surface area (Å²) >= 11 is 0. The van der Waals surface area contributed by atoms with Crippen LogP contribution in [0.2, 0.25) is 0 Å². The summed E-state index contributed by atoms with van der Waals surface area (Å²) in [5, 5.41) is 7.58. The van der Waals surface area contributed by atoms with E-state index < -0.39 is 0 Å². The molecule has 3 heterocycles. The Morgan fingerprint density at radius 2 is 2.03 bits per heavy atom. The van der Waals surface area contributed by atoms with Crippen LogP contribution in [0, 0.1) is 6.92 Å². The summed E-state index contributed by atoms with van der Waals surface area (Å²) in [5.74, 6) is 0.685. The van der Waals surface area contributed by atoms with E-state index >= 15 is 0 Å². The van der Waals surface area contributed by atoms with Gasteiger partial charge in [-0.1, -0.05) is 67.8 Å². The van der Waals surface area contributed by atoms with Gasteiger partial charge in [-0.15, -0.1) is 0 Å². The van der Waals surface area contributed by atoms with Gasteiger partial charge in [-0.3, -0.25) is 5.10 Å². The smallest absolute Gasteiger partial charge is 0.161 e. The topological polar surface area (TPSA) is 70.2 Å². The molecule has 1 aliphatic carbocycles. The van der Waals surface area contributed by atoms with E-state index in [1.807, 2.05) is 50.3 Å². The lowest BCUT2D eigenvalue weighted by atomic mass is 10.0. The standard InChI is InChI=1S/C26H25N5/c1-5-8-12-18(7-3)21-15-16-22-24(28-21)25(31-30-22)26-27-17(4)23(29-26)20(11-6-2)19-13-9-10-14-19/h5-9,11-16H,1-2,10H2,3-4H3,(H,27,29)(H,30,31)/b12-8-,18-7+,20-11-. The normalized spacial score (nSPS) is 14.6. The molecule has 0 fully saturated rings. The lowest BCUT2D eigenvalue weighted by Crippen LogP contribution is -1.91. The molecule has 0 unspecified atom stereocenters. The first-order chi connectivity index (χ1) is 15.2. The summed E-state index contributed by atoms with van der Waals surface area (Å²) in [5.41, 5.74) is 8.28. The van der Waals surface area contributed by atoms with Gasteiger partial charge in [0.25, 0.3) is 0 Å². The molecular formula is C26H25N5. The van der Waals surface area contributed by atoms with Gasteiger partial charge in [0.05, 0.1) is 16.9 Å². The first-order valence-corrected chi connectivity index (χ1v) is 10.2. The molecule has 0 saturated heterocycles. The minimum Gasteiger partial charge on any atom is -0.340 e. The van der Waals surface area contributed by atoms with Crippen molar-refractivity contribution >= 4 is 22.2 Å². The van der Waals surface area contributed by atoms with E-state index in [4.69, 9.17) is 9.97 Å². The predicted molar refractivity (Wildman–Crippen MR) is 129 cm³/mol. The summed E-state index contributed by atoms with van der Waals surface area (Å²) in [6.45, 7) is 11.6. The Kier molecular flexibility index (Phi) is 5.76. The highest BCUT2D eigenvalue weighted by Gasteiger charge is 2.19. The van der Waals surface area contributed by atoms with Gasteiger partial charge in [-0.2, -0.15) is 5.10 Å². The lowest BCUT2D eigenvalue weighted by Gasteiger charge is -2.04. The maximum Gasteiger partial charge on any atom is 0.161 e. The van der Waals surface area contributed by atoms with Crippen molar-refractivity contribution in [2.24, 2.45) is 0 Å². The number of aromatic nitrogens is 5. The summed E-state index contributed by atoms with van der Waals surface area (Å²) < 4.78 is 0. The van der Waals surface area contributed by atoms with E-state index in [2.05, 4.69) is 46.6 Å². The molecule has 0 bridgehead atoms. The van der Waals surface area contributed by atoms with Crippen LogP contribution in [-0.4, -0.2) is 25.1 Å². The van der Waals surface area contributed by atoms with Crippen LogP contribution in [0.4, 0.5) is 0 Å². The van der Waals surface area contributed by atoms with Crippen LogP contribution < -0.4 is 0 Å². The fourth-order valence-corrected chi connectivity index (χ4v) is 3.65. The van der Waals surface area contributed by atoms with Crippen molar-refractivity contribution in [2.45, 2.75) is 20.3 Å². The first-order valence-electron chi connectivity index (χ1n) is 10.2. The van der Waals surface area contributed by atoms with Crippen molar-refractivity contribution < 1.29 is 0 Å².